The van der Waals surface area contributed by atoms with Crippen LogP contribution in [0.5, 0.6) is 5.75 Å². The highest BCUT2D eigenvalue weighted by Gasteiger charge is 2.07. The third kappa shape index (κ3) is 4.64. The second-order valence-corrected chi connectivity index (χ2v) is 6.64. The number of benzene rings is 3. The van der Waals surface area contributed by atoms with Gasteiger partial charge in [-0.15, -0.1) is 11.8 Å². The van der Waals surface area contributed by atoms with Crippen molar-refractivity contribution in [1.29, 1.82) is 0 Å². The normalized spacial score (nSPS) is 10.4. The van der Waals surface area contributed by atoms with Crippen LogP contribution in [0.4, 0.5) is 10.1 Å². The average molecular weight is 367 g/mol. The van der Waals surface area contributed by atoms with Gasteiger partial charge in [-0.05, 0) is 54.1 Å². The Bertz CT molecular complexity index is 897. The Morgan fingerprint density at radius 1 is 1.04 bits per heavy atom. The van der Waals surface area contributed by atoms with E-state index >= 15 is 0 Å². The lowest BCUT2D eigenvalue weighted by Gasteiger charge is -2.08. The zero-order valence-electron chi connectivity index (χ0n) is 14.2. The van der Waals surface area contributed by atoms with Crippen LogP contribution in [0.3, 0.4) is 0 Å². The summed E-state index contributed by atoms with van der Waals surface area (Å²) in [5.41, 5.74) is 1.91. The zero-order chi connectivity index (χ0) is 18.4. The molecule has 5 heteroatoms. The van der Waals surface area contributed by atoms with E-state index in [1.807, 2.05) is 30.3 Å². The van der Waals surface area contributed by atoms with Gasteiger partial charge in [0.1, 0.15) is 11.6 Å². The van der Waals surface area contributed by atoms with E-state index in [1.54, 1.807) is 43.5 Å². The van der Waals surface area contributed by atoms with Crippen molar-refractivity contribution in [3.63, 3.8) is 0 Å². The maximum atomic E-state index is 13.7. The fourth-order valence-electron chi connectivity index (χ4n) is 2.39. The first-order chi connectivity index (χ1) is 12.7. The van der Waals surface area contributed by atoms with Crippen LogP contribution in [-0.4, -0.2) is 13.0 Å². The molecule has 1 N–H and O–H groups in total. The molecule has 0 fully saturated rings. The number of nitrogens with one attached hydrogen (secondary N) is 1. The molecule has 0 spiro atoms. The molecule has 0 unspecified atom stereocenters. The van der Waals surface area contributed by atoms with Crippen LogP contribution in [0.2, 0.25) is 0 Å². The maximum Gasteiger partial charge on any atom is 0.255 e. The summed E-state index contributed by atoms with van der Waals surface area (Å²) in [6.07, 6.45) is 0. The van der Waals surface area contributed by atoms with E-state index < -0.39 is 0 Å². The Hall–Kier alpha value is -2.79. The molecular formula is C21H18FNO2S. The van der Waals surface area contributed by atoms with Crippen molar-refractivity contribution in [3.8, 4) is 5.75 Å². The van der Waals surface area contributed by atoms with E-state index in [4.69, 9.17) is 4.74 Å². The van der Waals surface area contributed by atoms with Gasteiger partial charge in [0.15, 0.2) is 0 Å². The Balaban J connectivity index is 1.65. The molecular weight excluding hydrogens is 349 g/mol. The number of ether oxygens (including phenoxy) is 1. The number of amides is 1. The minimum atomic E-state index is -0.205. The van der Waals surface area contributed by atoms with Gasteiger partial charge in [0, 0.05) is 21.9 Å². The molecule has 0 atom stereocenters. The zero-order valence-corrected chi connectivity index (χ0v) is 15.1. The first kappa shape index (κ1) is 18.0. The van der Waals surface area contributed by atoms with Crippen molar-refractivity contribution in [2.45, 2.75) is 10.6 Å². The molecule has 3 aromatic rings. The van der Waals surface area contributed by atoms with Crippen LogP contribution >= 0.6 is 11.8 Å². The molecule has 3 rings (SSSR count). The lowest BCUT2D eigenvalue weighted by molar-refractivity contribution is 0.102. The van der Waals surface area contributed by atoms with Crippen LogP contribution < -0.4 is 10.1 Å². The van der Waals surface area contributed by atoms with Crippen molar-refractivity contribution in [1.82, 2.24) is 0 Å². The Morgan fingerprint density at radius 2 is 1.81 bits per heavy atom. The van der Waals surface area contributed by atoms with E-state index in [1.165, 1.54) is 17.8 Å². The average Bonchev–Trinajstić information content (AvgIpc) is 2.68. The standard InChI is InChI=1S/C21H18FNO2S/c1-25-18-11-9-15(10-12-18)21(24)23-17-6-4-7-19(13-17)26-14-16-5-2-3-8-20(16)22/h2-13H,14H2,1H3,(H,23,24). The number of anilines is 1. The van der Waals surface area contributed by atoms with Crippen molar-refractivity contribution < 1.29 is 13.9 Å². The molecule has 0 aromatic heterocycles. The highest BCUT2D eigenvalue weighted by atomic mass is 32.2. The highest BCUT2D eigenvalue weighted by Crippen LogP contribution is 2.26. The second kappa shape index (κ2) is 8.54. The molecule has 3 aromatic carbocycles. The molecule has 0 aliphatic rings. The second-order valence-electron chi connectivity index (χ2n) is 5.59. The summed E-state index contributed by atoms with van der Waals surface area (Å²) in [5, 5.41) is 2.88. The van der Waals surface area contributed by atoms with E-state index in [0.717, 1.165) is 4.90 Å². The lowest BCUT2D eigenvalue weighted by atomic mass is 10.2. The topological polar surface area (TPSA) is 38.3 Å². The van der Waals surface area contributed by atoms with Crippen LogP contribution in [0.15, 0.2) is 77.7 Å². The molecule has 0 aliphatic heterocycles. The Kier molecular flexibility index (Phi) is 5.92. The minimum absolute atomic E-state index is 0.191. The Morgan fingerprint density at radius 3 is 2.54 bits per heavy atom. The summed E-state index contributed by atoms with van der Waals surface area (Å²) in [5.74, 6) is 0.837. The monoisotopic (exact) mass is 367 g/mol. The first-order valence-corrected chi connectivity index (χ1v) is 9.06. The molecule has 0 saturated heterocycles. The largest absolute Gasteiger partial charge is 0.497 e. The predicted molar refractivity (Wildman–Crippen MR) is 103 cm³/mol. The summed E-state index contributed by atoms with van der Waals surface area (Å²) in [6.45, 7) is 0. The van der Waals surface area contributed by atoms with Gasteiger partial charge in [-0.1, -0.05) is 24.3 Å². The molecule has 3 nitrogen and oxygen atoms in total. The molecule has 0 aliphatic carbocycles. The summed E-state index contributed by atoms with van der Waals surface area (Å²) in [4.78, 5) is 13.3. The van der Waals surface area contributed by atoms with Gasteiger partial charge in [0.2, 0.25) is 0 Å². The maximum absolute atomic E-state index is 13.7. The fraction of sp³-hybridized carbons (Fsp3) is 0.0952. The fourth-order valence-corrected chi connectivity index (χ4v) is 3.33. The summed E-state index contributed by atoms with van der Waals surface area (Å²) in [6, 6.07) is 21.2. The number of thioether (sulfide) groups is 1. The lowest BCUT2D eigenvalue weighted by Crippen LogP contribution is -2.11. The van der Waals surface area contributed by atoms with Gasteiger partial charge in [0.05, 0.1) is 7.11 Å². The van der Waals surface area contributed by atoms with Gasteiger partial charge in [-0.25, -0.2) is 4.39 Å². The summed E-state index contributed by atoms with van der Waals surface area (Å²) >= 11 is 1.52. The van der Waals surface area contributed by atoms with Crippen LogP contribution in [0.1, 0.15) is 15.9 Å². The highest BCUT2D eigenvalue weighted by molar-refractivity contribution is 7.98. The number of carbonyl (C=O) groups excluding carboxylic acids is 1. The van der Waals surface area contributed by atoms with Gasteiger partial charge < -0.3 is 10.1 Å². The smallest absolute Gasteiger partial charge is 0.255 e. The molecule has 0 heterocycles. The van der Waals surface area contributed by atoms with E-state index in [-0.39, 0.29) is 11.7 Å². The van der Waals surface area contributed by atoms with Gasteiger partial charge in [-0.2, -0.15) is 0 Å². The molecule has 0 radical (unpaired) electrons. The molecule has 0 bridgehead atoms. The van der Waals surface area contributed by atoms with E-state index in [0.29, 0.717) is 28.3 Å². The molecule has 132 valence electrons. The van der Waals surface area contributed by atoms with Crippen LogP contribution in [-0.2, 0) is 5.75 Å². The van der Waals surface area contributed by atoms with Crippen molar-refractivity contribution in [3.05, 3.63) is 89.7 Å². The van der Waals surface area contributed by atoms with Crippen molar-refractivity contribution >= 4 is 23.4 Å². The van der Waals surface area contributed by atoms with Crippen molar-refractivity contribution in [2.75, 3.05) is 12.4 Å². The van der Waals surface area contributed by atoms with E-state index in [2.05, 4.69) is 5.32 Å². The third-order valence-corrected chi connectivity index (χ3v) is 4.84. The minimum Gasteiger partial charge on any atom is -0.497 e. The number of halogens is 1. The summed E-state index contributed by atoms with van der Waals surface area (Å²) in [7, 11) is 1.58. The van der Waals surface area contributed by atoms with Crippen LogP contribution in [0.25, 0.3) is 0 Å². The summed E-state index contributed by atoms with van der Waals surface area (Å²) < 4.78 is 18.8. The number of carbonyl (C=O) groups is 1. The Labute approximate surface area is 156 Å². The molecule has 1 amide bonds. The quantitative estimate of drug-likeness (QED) is 0.595. The van der Waals surface area contributed by atoms with Gasteiger partial charge in [-0.3, -0.25) is 4.79 Å². The third-order valence-electron chi connectivity index (χ3n) is 3.80. The van der Waals surface area contributed by atoms with Crippen LogP contribution in [0, 0.1) is 5.82 Å². The predicted octanol–water partition coefficient (Wildman–Crippen LogP) is 5.38. The number of hydrogen-bond acceptors (Lipinski definition) is 3. The van der Waals surface area contributed by atoms with Crippen molar-refractivity contribution in [2.24, 2.45) is 0 Å². The number of hydrogen-bond donors (Lipinski definition) is 1. The molecule has 0 saturated carbocycles. The van der Waals surface area contributed by atoms with E-state index in [9.17, 15) is 9.18 Å². The van der Waals surface area contributed by atoms with Gasteiger partial charge in [0.25, 0.3) is 5.91 Å². The van der Waals surface area contributed by atoms with Gasteiger partial charge >= 0.3 is 0 Å². The SMILES string of the molecule is COc1ccc(C(=O)Nc2cccc(SCc3ccccc3F)c2)cc1. The first-order valence-electron chi connectivity index (χ1n) is 8.07. The molecule has 26 heavy (non-hydrogen) atoms. The number of methoxy groups -OCH3 is 1. The number of rotatable bonds is 6.